The van der Waals surface area contributed by atoms with Crippen LogP contribution in [-0.4, -0.2) is 20.2 Å². The van der Waals surface area contributed by atoms with Crippen molar-refractivity contribution in [2.24, 2.45) is 11.8 Å². The Hall–Kier alpha value is -1.02. The van der Waals surface area contributed by atoms with Crippen molar-refractivity contribution in [3.63, 3.8) is 0 Å². The number of hydrogen-bond donors (Lipinski definition) is 1. The second-order valence-electron chi connectivity index (χ2n) is 5.08. The molecule has 1 aliphatic rings. The molecule has 0 aliphatic carbocycles. The monoisotopic (exact) mass is 233 g/mol. The minimum atomic E-state index is 0.814. The molecule has 1 heterocycles. The number of hydrogen-bond acceptors (Lipinski definition) is 2. The molecule has 0 saturated carbocycles. The van der Waals surface area contributed by atoms with Crippen molar-refractivity contribution in [2.45, 2.75) is 26.2 Å². The van der Waals surface area contributed by atoms with Gasteiger partial charge in [-0.25, -0.2) is 0 Å². The van der Waals surface area contributed by atoms with Crippen LogP contribution in [0.1, 0.15) is 25.3 Å². The van der Waals surface area contributed by atoms with Gasteiger partial charge in [0.15, 0.2) is 0 Å². The molecule has 17 heavy (non-hydrogen) atoms. The van der Waals surface area contributed by atoms with Gasteiger partial charge in [-0.3, -0.25) is 0 Å². The van der Waals surface area contributed by atoms with Crippen LogP contribution in [0.15, 0.2) is 24.3 Å². The maximum Gasteiger partial charge on any atom is 0.122 e. The quantitative estimate of drug-likeness (QED) is 0.863. The van der Waals surface area contributed by atoms with Gasteiger partial charge in [-0.05, 0) is 55.8 Å². The molecule has 1 aromatic carbocycles. The number of methoxy groups -OCH3 is 1. The summed E-state index contributed by atoms with van der Waals surface area (Å²) in [5.74, 6) is 2.70. The summed E-state index contributed by atoms with van der Waals surface area (Å²) in [7, 11) is 1.75. The van der Waals surface area contributed by atoms with E-state index >= 15 is 0 Å². The summed E-state index contributed by atoms with van der Waals surface area (Å²) in [4.78, 5) is 0. The first-order valence-electron chi connectivity index (χ1n) is 6.64. The lowest BCUT2D eigenvalue weighted by atomic mass is 9.84. The van der Waals surface area contributed by atoms with E-state index in [2.05, 4.69) is 30.4 Å². The minimum absolute atomic E-state index is 0.814. The van der Waals surface area contributed by atoms with E-state index in [-0.39, 0.29) is 0 Å². The van der Waals surface area contributed by atoms with Crippen molar-refractivity contribution >= 4 is 0 Å². The summed E-state index contributed by atoms with van der Waals surface area (Å²) in [6, 6.07) is 8.37. The number of aryl methyl sites for hydroxylation is 1. The van der Waals surface area contributed by atoms with Crippen LogP contribution in [0.25, 0.3) is 0 Å². The van der Waals surface area contributed by atoms with Crippen LogP contribution in [-0.2, 0) is 6.42 Å². The van der Waals surface area contributed by atoms with Crippen LogP contribution in [0, 0.1) is 11.8 Å². The molecule has 2 rings (SSSR count). The van der Waals surface area contributed by atoms with Gasteiger partial charge in [-0.1, -0.05) is 25.1 Å². The molecule has 2 nitrogen and oxygen atoms in total. The van der Waals surface area contributed by atoms with Gasteiger partial charge < -0.3 is 10.1 Å². The lowest BCUT2D eigenvalue weighted by Crippen LogP contribution is -2.35. The number of ether oxygens (including phenoxy) is 1. The topological polar surface area (TPSA) is 21.3 Å². The molecule has 0 amide bonds. The van der Waals surface area contributed by atoms with Crippen molar-refractivity contribution in [1.82, 2.24) is 5.32 Å². The third-order valence-corrected chi connectivity index (χ3v) is 3.96. The SMILES string of the molecule is COc1ccccc1CCC1CNCCC1C. The zero-order chi connectivity index (χ0) is 12.1. The Morgan fingerprint density at radius 3 is 2.94 bits per heavy atom. The Balaban J connectivity index is 1.92. The Morgan fingerprint density at radius 2 is 2.18 bits per heavy atom. The fourth-order valence-electron chi connectivity index (χ4n) is 2.69. The number of rotatable bonds is 4. The highest BCUT2D eigenvalue weighted by Crippen LogP contribution is 2.26. The second kappa shape index (κ2) is 6.06. The summed E-state index contributed by atoms with van der Waals surface area (Å²) in [5.41, 5.74) is 1.34. The molecule has 2 heteroatoms. The number of nitrogens with one attached hydrogen (secondary N) is 1. The molecule has 0 bridgehead atoms. The summed E-state index contributed by atoms with van der Waals surface area (Å²) < 4.78 is 5.40. The molecule has 1 fully saturated rings. The highest BCUT2D eigenvalue weighted by atomic mass is 16.5. The molecule has 1 aromatic rings. The van der Waals surface area contributed by atoms with Gasteiger partial charge >= 0.3 is 0 Å². The smallest absolute Gasteiger partial charge is 0.122 e. The molecule has 2 unspecified atom stereocenters. The zero-order valence-electron chi connectivity index (χ0n) is 10.9. The van der Waals surface area contributed by atoms with Crippen LogP contribution in [0.3, 0.4) is 0 Å². The second-order valence-corrected chi connectivity index (χ2v) is 5.08. The van der Waals surface area contributed by atoms with Crippen molar-refractivity contribution in [3.05, 3.63) is 29.8 Å². The third-order valence-electron chi connectivity index (χ3n) is 3.96. The summed E-state index contributed by atoms with van der Waals surface area (Å²) in [5, 5.41) is 3.50. The Labute approximate surface area is 104 Å². The fraction of sp³-hybridized carbons (Fsp3) is 0.600. The maximum atomic E-state index is 5.40. The van der Waals surface area contributed by atoms with Gasteiger partial charge in [0.2, 0.25) is 0 Å². The first-order chi connectivity index (χ1) is 8.31. The van der Waals surface area contributed by atoms with Crippen molar-refractivity contribution in [1.29, 1.82) is 0 Å². The first kappa shape index (κ1) is 12.4. The minimum Gasteiger partial charge on any atom is -0.496 e. The molecular formula is C15H23NO. The van der Waals surface area contributed by atoms with Gasteiger partial charge in [-0.15, -0.1) is 0 Å². The van der Waals surface area contributed by atoms with E-state index in [4.69, 9.17) is 4.74 Å². The Bertz CT molecular complexity index is 351. The average molecular weight is 233 g/mol. The molecule has 94 valence electrons. The third kappa shape index (κ3) is 3.22. The molecule has 1 N–H and O–H groups in total. The lowest BCUT2D eigenvalue weighted by molar-refractivity contribution is 0.259. The van der Waals surface area contributed by atoms with E-state index in [1.165, 1.54) is 31.5 Å². The molecule has 1 saturated heterocycles. The van der Waals surface area contributed by atoms with Crippen LogP contribution < -0.4 is 10.1 Å². The summed E-state index contributed by atoms with van der Waals surface area (Å²) in [6.07, 6.45) is 3.70. The molecule has 0 radical (unpaired) electrons. The van der Waals surface area contributed by atoms with E-state index < -0.39 is 0 Å². The van der Waals surface area contributed by atoms with Crippen LogP contribution in [0.2, 0.25) is 0 Å². The van der Waals surface area contributed by atoms with E-state index in [0.717, 1.165) is 24.0 Å². The zero-order valence-corrected chi connectivity index (χ0v) is 10.9. The van der Waals surface area contributed by atoms with Gasteiger partial charge in [0.25, 0.3) is 0 Å². The maximum absolute atomic E-state index is 5.40. The molecular weight excluding hydrogens is 210 g/mol. The first-order valence-corrected chi connectivity index (χ1v) is 6.64. The molecule has 0 aromatic heterocycles. The Kier molecular flexibility index (Phi) is 4.43. The van der Waals surface area contributed by atoms with Crippen LogP contribution >= 0.6 is 0 Å². The van der Waals surface area contributed by atoms with E-state index in [1.807, 2.05) is 6.07 Å². The summed E-state index contributed by atoms with van der Waals surface area (Å²) in [6.45, 7) is 4.75. The van der Waals surface area contributed by atoms with Crippen LogP contribution in [0.4, 0.5) is 0 Å². The largest absolute Gasteiger partial charge is 0.496 e. The van der Waals surface area contributed by atoms with Crippen molar-refractivity contribution in [3.8, 4) is 5.75 Å². The standard InChI is InChI=1S/C15H23NO/c1-12-9-10-16-11-14(12)8-7-13-5-3-4-6-15(13)17-2/h3-6,12,14,16H,7-11H2,1-2H3. The average Bonchev–Trinajstić information content (AvgIpc) is 2.38. The fourth-order valence-corrected chi connectivity index (χ4v) is 2.69. The molecule has 0 spiro atoms. The predicted octanol–water partition coefficient (Wildman–Crippen LogP) is 2.87. The van der Waals surface area contributed by atoms with Crippen molar-refractivity contribution < 1.29 is 4.74 Å². The highest BCUT2D eigenvalue weighted by molar-refractivity contribution is 5.33. The Morgan fingerprint density at radius 1 is 1.35 bits per heavy atom. The molecule has 2 atom stereocenters. The van der Waals surface area contributed by atoms with Crippen molar-refractivity contribution in [2.75, 3.05) is 20.2 Å². The highest BCUT2D eigenvalue weighted by Gasteiger charge is 2.20. The van der Waals surface area contributed by atoms with E-state index in [9.17, 15) is 0 Å². The van der Waals surface area contributed by atoms with Gasteiger partial charge in [0.05, 0.1) is 7.11 Å². The van der Waals surface area contributed by atoms with Gasteiger partial charge in [0.1, 0.15) is 5.75 Å². The molecule has 1 aliphatic heterocycles. The summed E-state index contributed by atoms with van der Waals surface area (Å²) >= 11 is 0. The van der Waals surface area contributed by atoms with Gasteiger partial charge in [-0.2, -0.15) is 0 Å². The van der Waals surface area contributed by atoms with E-state index in [0.29, 0.717) is 0 Å². The predicted molar refractivity (Wildman–Crippen MR) is 71.5 cm³/mol. The number of para-hydroxylation sites is 1. The number of piperidine rings is 1. The lowest BCUT2D eigenvalue weighted by Gasteiger charge is -2.29. The van der Waals surface area contributed by atoms with Gasteiger partial charge in [0, 0.05) is 0 Å². The van der Waals surface area contributed by atoms with Crippen LogP contribution in [0.5, 0.6) is 5.75 Å². The normalized spacial score (nSPS) is 24.6. The van der Waals surface area contributed by atoms with E-state index in [1.54, 1.807) is 7.11 Å². The number of benzene rings is 1.